The summed E-state index contributed by atoms with van der Waals surface area (Å²) in [4.78, 5) is 35.3. The van der Waals surface area contributed by atoms with Gasteiger partial charge in [0.25, 0.3) is 0 Å². The zero-order valence-electron chi connectivity index (χ0n) is 18.5. The highest BCUT2D eigenvalue weighted by Crippen LogP contribution is 2.15. The molecule has 2 unspecified atom stereocenters. The Morgan fingerprint density at radius 3 is 2.32 bits per heavy atom. The molecule has 7 nitrogen and oxygen atoms in total. The quantitative estimate of drug-likeness (QED) is 0.194. The molecule has 0 aliphatic rings. The second-order valence-electron chi connectivity index (χ2n) is 7.41. The summed E-state index contributed by atoms with van der Waals surface area (Å²) in [6.45, 7) is 3.68. The van der Waals surface area contributed by atoms with E-state index in [4.69, 9.17) is 19.3 Å². The molecule has 1 aromatic carbocycles. The summed E-state index contributed by atoms with van der Waals surface area (Å²) in [6, 6.07) is 9.51. The van der Waals surface area contributed by atoms with Crippen molar-refractivity contribution in [3.63, 3.8) is 0 Å². The first-order valence-corrected chi connectivity index (χ1v) is 10.8. The lowest BCUT2D eigenvalue weighted by atomic mass is 10.1. The molecule has 2 atom stereocenters. The van der Waals surface area contributed by atoms with Gasteiger partial charge in [-0.1, -0.05) is 50.1 Å². The Hall–Kier alpha value is -2.67. The third-order valence-corrected chi connectivity index (χ3v) is 4.38. The zero-order valence-corrected chi connectivity index (χ0v) is 18.5. The number of esters is 3. The number of carbonyl (C=O) groups excluding carboxylic acids is 3. The van der Waals surface area contributed by atoms with Crippen molar-refractivity contribution in [1.82, 2.24) is 0 Å². The largest absolute Gasteiger partial charge is 0.461 e. The van der Waals surface area contributed by atoms with Crippen LogP contribution in [0.5, 0.6) is 0 Å². The van der Waals surface area contributed by atoms with E-state index in [0.29, 0.717) is 19.3 Å². The van der Waals surface area contributed by atoms with Gasteiger partial charge in [0.2, 0.25) is 0 Å². The van der Waals surface area contributed by atoms with Gasteiger partial charge in [-0.3, -0.25) is 4.79 Å². The second kappa shape index (κ2) is 16.1. The predicted octanol–water partition coefficient (Wildman–Crippen LogP) is 3.87. The molecular weight excluding hydrogens is 400 g/mol. The van der Waals surface area contributed by atoms with Gasteiger partial charge in [-0.05, 0) is 38.2 Å². The van der Waals surface area contributed by atoms with Crippen molar-refractivity contribution in [2.45, 2.75) is 77.6 Å². The van der Waals surface area contributed by atoms with Gasteiger partial charge in [0.1, 0.15) is 19.3 Å². The van der Waals surface area contributed by atoms with E-state index in [1.807, 2.05) is 30.3 Å². The maximum absolute atomic E-state index is 12.0. The lowest BCUT2D eigenvalue weighted by Gasteiger charge is -2.16. The molecule has 0 saturated carbocycles. The van der Waals surface area contributed by atoms with Crippen LogP contribution in [0.15, 0.2) is 42.5 Å². The van der Waals surface area contributed by atoms with Gasteiger partial charge in [-0.15, -0.1) is 0 Å². The molecule has 0 fully saturated rings. The fraction of sp³-hybridized carbons (Fsp3) is 0.542. The molecule has 0 aromatic heterocycles. The van der Waals surface area contributed by atoms with Gasteiger partial charge >= 0.3 is 17.9 Å². The van der Waals surface area contributed by atoms with Gasteiger partial charge in [-0.25, -0.2) is 9.59 Å². The zero-order chi connectivity index (χ0) is 22.9. The number of ether oxygens (including phenoxy) is 3. The summed E-state index contributed by atoms with van der Waals surface area (Å²) < 4.78 is 15.4. The number of hydrogen-bond donors (Lipinski definition) is 1. The van der Waals surface area contributed by atoms with Crippen LogP contribution in [0.3, 0.4) is 0 Å². The van der Waals surface area contributed by atoms with Crippen LogP contribution in [0.4, 0.5) is 0 Å². The van der Waals surface area contributed by atoms with E-state index in [1.165, 1.54) is 6.92 Å². The molecule has 0 heterocycles. The molecule has 0 aliphatic heterocycles. The number of rotatable bonds is 15. The molecule has 0 radical (unpaired) electrons. The predicted molar refractivity (Wildman–Crippen MR) is 116 cm³/mol. The normalized spacial score (nSPS) is 12.9. The summed E-state index contributed by atoms with van der Waals surface area (Å²) in [5.74, 6) is -1.57. The number of hydrogen-bond acceptors (Lipinski definition) is 7. The van der Waals surface area contributed by atoms with Crippen molar-refractivity contribution in [2.75, 3.05) is 6.61 Å². The molecule has 0 spiro atoms. The first-order valence-electron chi connectivity index (χ1n) is 10.8. The highest BCUT2D eigenvalue weighted by atomic mass is 16.5. The summed E-state index contributed by atoms with van der Waals surface area (Å²) in [5.41, 5.74) is 0.949. The van der Waals surface area contributed by atoms with Crippen molar-refractivity contribution in [3.8, 4) is 0 Å². The van der Waals surface area contributed by atoms with Crippen LogP contribution in [0.1, 0.15) is 64.4 Å². The number of carbonyl (C=O) groups is 3. The molecule has 1 N–H and O–H groups in total. The Bertz CT molecular complexity index is 682. The van der Waals surface area contributed by atoms with Crippen LogP contribution in [-0.4, -0.2) is 41.8 Å². The van der Waals surface area contributed by atoms with Gasteiger partial charge < -0.3 is 19.3 Å². The minimum Gasteiger partial charge on any atom is -0.461 e. The molecule has 7 heteroatoms. The van der Waals surface area contributed by atoms with Gasteiger partial charge in [0.15, 0.2) is 0 Å². The third-order valence-electron chi connectivity index (χ3n) is 4.38. The third kappa shape index (κ3) is 14.0. The van der Waals surface area contributed by atoms with E-state index in [-0.39, 0.29) is 25.3 Å². The van der Waals surface area contributed by atoms with Crippen molar-refractivity contribution >= 4 is 17.9 Å². The van der Waals surface area contributed by atoms with E-state index < -0.39 is 18.0 Å². The summed E-state index contributed by atoms with van der Waals surface area (Å²) in [6.07, 6.45) is 5.92. The van der Waals surface area contributed by atoms with Crippen molar-refractivity contribution in [3.05, 3.63) is 48.0 Å². The number of unbranched alkanes of at least 4 members (excludes halogenated alkanes) is 2. The van der Waals surface area contributed by atoms with E-state index >= 15 is 0 Å². The lowest BCUT2D eigenvalue weighted by Crippen LogP contribution is -2.18. The van der Waals surface area contributed by atoms with Crippen LogP contribution in [0.2, 0.25) is 0 Å². The average molecular weight is 435 g/mol. The highest BCUT2D eigenvalue weighted by Gasteiger charge is 2.14. The SMILES string of the molecule is CCCCC(CCCCC(=O)OCc1ccccc1)OC(=O)/C=C\C(=O)OCC(C)O. The second-order valence-corrected chi connectivity index (χ2v) is 7.41. The minimum atomic E-state index is -0.765. The van der Waals surface area contributed by atoms with E-state index in [9.17, 15) is 14.4 Å². The molecule has 0 amide bonds. The Morgan fingerprint density at radius 1 is 0.968 bits per heavy atom. The molecule has 1 aromatic rings. The number of aliphatic hydroxyl groups excluding tert-OH is 1. The fourth-order valence-corrected chi connectivity index (χ4v) is 2.74. The number of aliphatic hydroxyl groups is 1. The molecule has 0 bridgehead atoms. The van der Waals surface area contributed by atoms with Crippen molar-refractivity contribution < 1.29 is 33.7 Å². The summed E-state index contributed by atoms with van der Waals surface area (Å²) in [7, 11) is 0. The lowest BCUT2D eigenvalue weighted by molar-refractivity contribution is -0.146. The highest BCUT2D eigenvalue weighted by molar-refractivity contribution is 5.91. The van der Waals surface area contributed by atoms with Crippen molar-refractivity contribution in [2.24, 2.45) is 0 Å². The van der Waals surface area contributed by atoms with Crippen LogP contribution < -0.4 is 0 Å². The molecule has 172 valence electrons. The minimum absolute atomic E-state index is 0.134. The van der Waals surface area contributed by atoms with E-state index in [2.05, 4.69) is 6.92 Å². The van der Waals surface area contributed by atoms with Crippen LogP contribution in [0, 0.1) is 0 Å². The van der Waals surface area contributed by atoms with Crippen LogP contribution >= 0.6 is 0 Å². The van der Waals surface area contributed by atoms with E-state index in [1.54, 1.807) is 0 Å². The van der Waals surface area contributed by atoms with Crippen LogP contribution in [-0.2, 0) is 35.2 Å². The van der Waals surface area contributed by atoms with Gasteiger partial charge in [0, 0.05) is 18.6 Å². The number of benzene rings is 1. The maximum Gasteiger partial charge on any atom is 0.331 e. The van der Waals surface area contributed by atoms with Crippen LogP contribution in [0.25, 0.3) is 0 Å². The Kier molecular flexibility index (Phi) is 13.7. The topological polar surface area (TPSA) is 99.1 Å². The average Bonchev–Trinajstić information content (AvgIpc) is 2.76. The molecule has 0 saturated heterocycles. The molecule has 31 heavy (non-hydrogen) atoms. The van der Waals surface area contributed by atoms with E-state index in [0.717, 1.165) is 43.4 Å². The Balaban J connectivity index is 2.31. The first-order chi connectivity index (χ1) is 14.9. The summed E-state index contributed by atoms with van der Waals surface area (Å²) in [5, 5.41) is 9.08. The maximum atomic E-state index is 12.0. The standard InChI is InChI=1S/C24H34O7/c1-3-4-12-21(31-24(28)16-15-23(27)29-17-19(2)25)13-8-9-14-22(26)30-18-20-10-6-5-7-11-20/h5-7,10-11,15-16,19,21,25H,3-4,8-9,12-14,17-18H2,1-2H3/b16-15-. The monoisotopic (exact) mass is 434 g/mol. The smallest absolute Gasteiger partial charge is 0.331 e. The first kappa shape index (κ1) is 26.4. The van der Waals surface area contributed by atoms with Crippen molar-refractivity contribution in [1.29, 1.82) is 0 Å². The van der Waals surface area contributed by atoms with Gasteiger partial charge in [-0.2, -0.15) is 0 Å². The van der Waals surface area contributed by atoms with Gasteiger partial charge in [0.05, 0.1) is 6.10 Å². The Labute approximate surface area is 184 Å². The molecular formula is C24H34O7. The molecule has 1 rings (SSSR count). The molecule has 0 aliphatic carbocycles. The Morgan fingerprint density at radius 2 is 1.65 bits per heavy atom. The summed E-state index contributed by atoms with van der Waals surface area (Å²) >= 11 is 0. The fourth-order valence-electron chi connectivity index (χ4n) is 2.74.